The van der Waals surface area contributed by atoms with Gasteiger partial charge in [-0.05, 0) is 50.2 Å². The summed E-state index contributed by atoms with van der Waals surface area (Å²) in [6.45, 7) is 1.91. The number of amides is 1. The molecule has 1 aromatic carbocycles. The second-order valence-electron chi connectivity index (χ2n) is 6.15. The molecule has 22 heavy (non-hydrogen) atoms. The first kappa shape index (κ1) is 18.9. The number of nitrogens with one attached hydrogen (secondary N) is 1. The third kappa shape index (κ3) is 5.58. The van der Waals surface area contributed by atoms with Crippen LogP contribution in [0.4, 0.5) is 4.39 Å². The number of hydrogen-bond donors (Lipinski definition) is 2. The number of hydrogen-bond acceptors (Lipinski definition) is 2. The van der Waals surface area contributed by atoms with Crippen LogP contribution in [-0.2, 0) is 11.2 Å². The van der Waals surface area contributed by atoms with E-state index in [0.29, 0.717) is 18.4 Å². The maximum atomic E-state index is 13.5. The highest BCUT2D eigenvalue weighted by atomic mass is 35.5. The molecule has 0 aliphatic heterocycles. The van der Waals surface area contributed by atoms with Crippen LogP contribution in [0.3, 0.4) is 0 Å². The van der Waals surface area contributed by atoms with Gasteiger partial charge in [0.2, 0.25) is 5.91 Å². The van der Waals surface area contributed by atoms with Crippen molar-refractivity contribution in [3.8, 4) is 0 Å². The van der Waals surface area contributed by atoms with E-state index in [1.165, 1.54) is 6.07 Å². The number of halogens is 2. The largest absolute Gasteiger partial charge is 0.353 e. The molecule has 5 heteroatoms. The lowest BCUT2D eigenvalue weighted by molar-refractivity contribution is -0.125. The molecule has 1 saturated carbocycles. The molecule has 1 unspecified atom stereocenters. The van der Waals surface area contributed by atoms with Crippen LogP contribution in [0.5, 0.6) is 0 Å². The zero-order valence-electron chi connectivity index (χ0n) is 13.1. The van der Waals surface area contributed by atoms with E-state index in [2.05, 4.69) is 5.32 Å². The van der Waals surface area contributed by atoms with Crippen molar-refractivity contribution in [2.45, 2.75) is 57.5 Å². The fourth-order valence-electron chi connectivity index (χ4n) is 2.81. The van der Waals surface area contributed by atoms with Crippen LogP contribution in [-0.4, -0.2) is 18.0 Å². The molecule has 124 valence electrons. The molecule has 0 bridgehead atoms. The first-order valence-corrected chi connectivity index (χ1v) is 7.85. The topological polar surface area (TPSA) is 55.1 Å². The molecular weight excluding hydrogens is 303 g/mol. The Balaban J connectivity index is 0.00000242. The molecule has 0 spiro atoms. The first-order chi connectivity index (χ1) is 10.1. The van der Waals surface area contributed by atoms with Crippen molar-refractivity contribution in [2.24, 2.45) is 11.7 Å². The molecule has 1 aromatic rings. The Kier molecular flexibility index (Phi) is 7.83. The number of aryl methyl sites for hydroxylation is 1. The molecule has 2 rings (SSSR count). The Labute approximate surface area is 138 Å². The van der Waals surface area contributed by atoms with Crippen molar-refractivity contribution in [3.05, 3.63) is 35.6 Å². The molecule has 1 aliphatic rings. The summed E-state index contributed by atoms with van der Waals surface area (Å²) in [5, 5.41) is 3.10. The van der Waals surface area contributed by atoms with Crippen molar-refractivity contribution in [1.29, 1.82) is 0 Å². The van der Waals surface area contributed by atoms with E-state index in [1.54, 1.807) is 12.1 Å². The van der Waals surface area contributed by atoms with Crippen molar-refractivity contribution >= 4 is 18.3 Å². The quantitative estimate of drug-likeness (QED) is 0.872. The van der Waals surface area contributed by atoms with Gasteiger partial charge in [0.15, 0.2) is 0 Å². The molecule has 3 N–H and O–H groups in total. The van der Waals surface area contributed by atoms with Gasteiger partial charge < -0.3 is 11.1 Å². The Morgan fingerprint density at radius 1 is 1.32 bits per heavy atom. The van der Waals surface area contributed by atoms with Crippen LogP contribution in [0.15, 0.2) is 24.3 Å². The van der Waals surface area contributed by atoms with Crippen LogP contribution in [0.25, 0.3) is 0 Å². The Morgan fingerprint density at radius 2 is 1.95 bits per heavy atom. The van der Waals surface area contributed by atoms with Crippen LogP contribution < -0.4 is 11.1 Å². The van der Waals surface area contributed by atoms with Crippen LogP contribution >= 0.6 is 12.4 Å². The average molecular weight is 329 g/mol. The van der Waals surface area contributed by atoms with Crippen molar-refractivity contribution in [1.82, 2.24) is 5.32 Å². The summed E-state index contributed by atoms with van der Waals surface area (Å²) in [4.78, 5) is 12.2. The average Bonchev–Trinajstić information content (AvgIpc) is 2.48. The molecule has 0 heterocycles. The SMILES string of the molecule is CC(CCc1ccccc1F)C(=O)NC1CCC(N)CC1.Cl. The highest BCUT2D eigenvalue weighted by Crippen LogP contribution is 2.18. The van der Waals surface area contributed by atoms with E-state index in [0.717, 1.165) is 25.7 Å². The number of rotatable bonds is 5. The van der Waals surface area contributed by atoms with E-state index >= 15 is 0 Å². The van der Waals surface area contributed by atoms with Gasteiger partial charge in [-0.1, -0.05) is 25.1 Å². The lowest BCUT2D eigenvalue weighted by Gasteiger charge is -2.27. The molecule has 0 radical (unpaired) electrons. The molecule has 1 atom stereocenters. The Morgan fingerprint density at radius 3 is 2.59 bits per heavy atom. The highest BCUT2D eigenvalue weighted by molar-refractivity contribution is 5.85. The summed E-state index contributed by atoms with van der Waals surface area (Å²) in [5.74, 6) is -0.210. The van der Waals surface area contributed by atoms with E-state index in [9.17, 15) is 9.18 Å². The lowest BCUT2D eigenvalue weighted by Crippen LogP contribution is -2.42. The zero-order valence-corrected chi connectivity index (χ0v) is 13.9. The second kappa shape index (κ2) is 9.11. The predicted octanol–water partition coefficient (Wildman–Crippen LogP) is 3.20. The van der Waals surface area contributed by atoms with E-state index < -0.39 is 0 Å². The summed E-state index contributed by atoms with van der Waals surface area (Å²) < 4.78 is 13.5. The maximum absolute atomic E-state index is 13.5. The fourth-order valence-corrected chi connectivity index (χ4v) is 2.81. The molecule has 0 saturated heterocycles. The summed E-state index contributed by atoms with van der Waals surface area (Å²) in [5.41, 5.74) is 6.55. The van der Waals surface area contributed by atoms with Gasteiger partial charge in [-0.3, -0.25) is 4.79 Å². The molecular formula is C17H26ClFN2O. The summed E-state index contributed by atoms with van der Waals surface area (Å²) >= 11 is 0. The van der Waals surface area contributed by atoms with E-state index in [1.807, 2.05) is 13.0 Å². The van der Waals surface area contributed by atoms with Gasteiger partial charge in [-0.2, -0.15) is 0 Å². The van der Waals surface area contributed by atoms with E-state index in [-0.39, 0.29) is 42.1 Å². The lowest BCUT2D eigenvalue weighted by atomic mass is 9.91. The van der Waals surface area contributed by atoms with Gasteiger partial charge in [0.05, 0.1) is 0 Å². The number of carbonyl (C=O) groups is 1. The van der Waals surface area contributed by atoms with Gasteiger partial charge in [-0.15, -0.1) is 12.4 Å². The maximum Gasteiger partial charge on any atom is 0.223 e. The normalized spacial score (nSPS) is 22.5. The van der Waals surface area contributed by atoms with Gasteiger partial charge in [0, 0.05) is 18.0 Å². The molecule has 3 nitrogen and oxygen atoms in total. The smallest absolute Gasteiger partial charge is 0.223 e. The summed E-state index contributed by atoms with van der Waals surface area (Å²) in [6, 6.07) is 7.30. The van der Waals surface area contributed by atoms with Crippen molar-refractivity contribution < 1.29 is 9.18 Å². The fraction of sp³-hybridized carbons (Fsp3) is 0.588. The summed E-state index contributed by atoms with van der Waals surface area (Å²) in [7, 11) is 0. The third-order valence-corrected chi connectivity index (χ3v) is 4.37. The highest BCUT2D eigenvalue weighted by Gasteiger charge is 2.22. The van der Waals surface area contributed by atoms with Gasteiger partial charge in [0.25, 0.3) is 0 Å². The van der Waals surface area contributed by atoms with Crippen LogP contribution in [0.1, 0.15) is 44.6 Å². The third-order valence-electron chi connectivity index (χ3n) is 4.37. The Bertz CT molecular complexity index is 475. The minimum Gasteiger partial charge on any atom is -0.353 e. The molecule has 0 aromatic heterocycles. The zero-order chi connectivity index (χ0) is 15.2. The van der Waals surface area contributed by atoms with Crippen LogP contribution in [0.2, 0.25) is 0 Å². The summed E-state index contributed by atoms with van der Waals surface area (Å²) in [6.07, 6.45) is 5.15. The van der Waals surface area contributed by atoms with E-state index in [4.69, 9.17) is 5.73 Å². The minimum atomic E-state index is -0.189. The minimum absolute atomic E-state index is 0. The number of benzene rings is 1. The number of carbonyl (C=O) groups excluding carboxylic acids is 1. The molecule has 1 aliphatic carbocycles. The van der Waals surface area contributed by atoms with Crippen LogP contribution in [0, 0.1) is 11.7 Å². The monoisotopic (exact) mass is 328 g/mol. The first-order valence-electron chi connectivity index (χ1n) is 7.85. The van der Waals surface area contributed by atoms with Gasteiger partial charge in [-0.25, -0.2) is 4.39 Å². The number of nitrogens with two attached hydrogens (primary N) is 1. The second-order valence-corrected chi connectivity index (χ2v) is 6.15. The molecule has 1 fully saturated rings. The Hall–Kier alpha value is -1.13. The molecule has 1 amide bonds. The van der Waals surface area contributed by atoms with Crippen molar-refractivity contribution in [2.75, 3.05) is 0 Å². The predicted molar refractivity (Wildman–Crippen MR) is 89.5 cm³/mol. The van der Waals surface area contributed by atoms with Crippen molar-refractivity contribution in [3.63, 3.8) is 0 Å². The standard InChI is InChI=1S/C17H25FN2O.ClH/c1-12(6-7-13-4-2-3-5-16(13)18)17(21)20-15-10-8-14(19)9-11-15;/h2-5,12,14-15H,6-11,19H2,1H3,(H,20,21);1H. The van der Waals surface area contributed by atoms with Gasteiger partial charge >= 0.3 is 0 Å². The van der Waals surface area contributed by atoms with Gasteiger partial charge in [0.1, 0.15) is 5.82 Å².